The molecule has 0 atom stereocenters. The van der Waals surface area contributed by atoms with Crippen molar-refractivity contribution in [1.29, 1.82) is 0 Å². The number of nitrogens with zero attached hydrogens (tertiary/aromatic N) is 2. The van der Waals surface area contributed by atoms with Crippen molar-refractivity contribution in [3.8, 4) is 0 Å². The maximum Gasteiger partial charge on any atom is 0.133 e. The highest BCUT2D eigenvalue weighted by Crippen LogP contribution is 2.20. The molecule has 1 heterocycles. The molecule has 0 saturated heterocycles. The molecule has 0 aliphatic heterocycles. The zero-order chi connectivity index (χ0) is 15.0. The molecule has 0 radical (unpaired) electrons. The third-order valence-corrected chi connectivity index (χ3v) is 3.08. The Morgan fingerprint density at radius 2 is 1.80 bits per heavy atom. The number of rotatable bonds is 9. The zero-order valence-electron chi connectivity index (χ0n) is 13.8. The summed E-state index contributed by atoms with van der Waals surface area (Å²) < 4.78 is 0. The average molecular weight is 277 g/mol. The summed E-state index contributed by atoms with van der Waals surface area (Å²) in [7, 11) is 0. The van der Waals surface area contributed by atoms with Gasteiger partial charge in [0.1, 0.15) is 5.82 Å². The predicted octanol–water partition coefficient (Wildman–Crippen LogP) is 3.70. The Bertz CT molecular complexity index is 364. The Morgan fingerprint density at radius 3 is 2.35 bits per heavy atom. The fraction of sp³-hybridized carbons (Fsp3) is 0.706. The standard InChI is InChI=1S/C17H31N3/c1-6-9-18-11-16-8-7-10-19-17(16)20(12-14(2)3)13-15(4)5/h7-8,10,14-15,18H,6,9,11-13H2,1-5H3. The fourth-order valence-electron chi connectivity index (χ4n) is 2.38. The van der Waals surface area contributed by atoms with Crippen molar-refractivity contribution in [2.45, 2.75) is 47.6 Å². The topological polar surface area (TPSA) is 28.2 Å². The number of aromatic nitrogens is 1. The first kappa shape index (κ1) is 17.0. The molecule has 1 N–H and O–H groups in total. The van der Waals surface area contributed by atoms with E-state index in [0.29, 0.717) is 11.8 Å². The number of hydrogen-bond acceptors (Lipinski definition) is 3. The van der Waals surface area contributed by atoms with Crippen molar-refractivity contribution in [2.24, 2.45) is 11.8 Å². The molecular formula is C17H31N3. The van der Waals surface area contributed by atoms with Crippen LogP contribution < -0.4 is 10.2 Å². The lowest BCUT2D eigenvalue weighted by Gasteiger charge is -2.29. The van der Waals surface area contributed by atoms with E-state index in [1.54, 1.807) is 0 Å². The van der Waals surface area contributed by atoms with E-state index in [0.717, 1.165) is 38.4 Å². The smallest absolute Gasteiger partial charge is 0.133 e. The monoisotopic (exact) mass is 277 g/mol. The number of nitrogens with one attached hydrogen (secondary N) is 1. The van der Waals surface area contributed by atoms with Crippen molar-refractivity contribution in [3.63, 3.8) is 0 Å². The van der Waals surface area contributed by atoms with Gasteiger partial charge in [0.05, 0.1) is 0 Å². The van der Waals surface area contributed by atoms with Crippen molar-refractivity contribution < 1.29 is 0 Å². The van der Waals surface area contributed by atoms with Crippen LogP contribution in [0.2, 0.25) is 0 Å². The Morgan fingerprint density at radius 1 is 1.15 bits per heavy atom. The van der Waals surface area contributed by atoms with Gasteiger partial charge in [0.15, 0.2) is 0 Å². The molecule has 0 bridgehead atoms. The minimum atomic E-state index is 0.646. The molecule has 114 valence electrons. The largest absolute Gasteiger partial charge is 0.356 e. The molecule has 0 aromatic carbocycles. The van der Waals surface area contributed by atoms with Gasteiger partial charge in [-0.15, -0.1) is 0 Å². The van der Waals surface area contributed by atoms with Crippen LogP contribution in [0.3, 0.4) is 0 Å². The quantitative estimate of drug-likeness (QED) is 0.698. The van der Waals surface area contributed by atoms with Crippen LogP contribution >= 0.6 is 0 Å². The molecular weight excluding hydrogens is 246 g/mol. The van der Waals surface area contributed by atoms with Crippen molar-refractivity contribution in [3.05, 3.63) is 23.9 Å². The maximum atomic E-state index is 4.65. The van der Waals surface area contributed by atoms with Gasteiger partial charge in [-0.2, -0.15) is 0 Å². The Kier molecular flexibility index (Phi) is 7.60. The maximum absolute atomic E-state index is 4.65. The van der Waals surface area contributed by atoms with Crippen LogP contribution in [0.25, 0.3) is 0 Å². The SMILES string of the molecule is CCCNCc1cccnc1N(CC(C)C)CC(C)C. The highest BCUT2D eigenvalue weighted by Gasteiger charge is 2.15. The average Bonchev–Trinajstić information content (AvgIpc) is 2.38. The lowest BCUT2D eigenvalue weighted by molar-refractivity contribution is 0.545. The number of pyridine rings is 1. The Hall–Kier alpha value is -1.09. The van der Waals surface area contributed by atoms with E-state index in [4.69, 9.17) is 0 Å². The Labute approximate surface area is 124 Å². The summed E-state index contributed by atoms with van der Waals surface area (Å²) in [4.78, 5) is 7.09. The first-order chi connectivity index (χ1) is 9.54. The van der Waals surface area contributed by atoms with E-state index in [1.165, 1.54) is 5.56 Å². The van der Waals surface area contributed by atoms with Gasteiger partial charge in [-0.3, -0.25) is 0 Å². The van der Waals surface area contributed by atoms with E-state index in [-0.39, 0.29) is 0 Å². The number of hydrogen-bond donors (Lipinski definition) is 1. The molecule has 1 aromatic heterocycles. The highest BCUT2D eigenvalue weighted by molar-refractivity contribution is 5.46. The summed E-state index contributed by atoms with van der Waals surface area (Å²) in [5.41, 5.74) is 1.31. The van der Waals surface area contributed by atoms with Gasteiger partial charge in [-0.25, -0.2) is 4.98 Å². The number of anilines is 1. The van der Waals surface area contributed by atoms with Crippen LogP contribution in [0.4, 0.5) is 5.82 Å². The van der Waals surface area contributed by atoms with Gasteiger partial charge in [0.2, 0.25) is 0 Å². The molecule has 0 spiro atoms. The summed E-state index contributed by atoms with van der Waals surface area (Å²) in [5, 5.41) is 3.49. The molecule has 0 unspecified atom stereocenters. The van der Waals surface area contributed by atoms with E-state index in [1.807, 2.05) is 12.3 Å². The minimum Gasteiger partial charge on any atom is -0.356 e. The second-order valence-electron chi connectivity index (χ2n) is 6.36. The molecule has 0 fully saturated rings. The summed E-state index contributed by atoms with van der Waals surface area (Å²) in [5.74, 6) is 2.44. The first-order valence-electron chi connectivity index (χ1n) is 7.94. The van der Waals surface area contributed by atoms with Crippen molar-refractivity contribution >= 4 is 5.82 Å². The third kappa shape index (κ3) is 5.91. The van der Waals surface area contributed by atoms with Crippen LogP contribution in [-0.4, -0.2) is 24.6 Å². The molecule has 0 saturated carbocycles. The van der Waals surface area contributed by atoms with Gasteiger partial charge < -0.3 is 10.2 Å². The first-order valence-corrected chi connectivity index (χ1v) is 7.94. The van der Waals surface area contributed by atoms with Gasteiger partial charge >= 0.3 is 0 Å². The molecule has 3 heteroatoms. The molecule has 1 aromatic rings. The summed E-state index contributed by atoms with van der Waals surface area (Å²) in [6, 6.07) is 4.23. The predicted molar refractivity (Wildman–Crippen MR) is 88.1 cm³/mol. The second kappa shape index (κ2) is 8.96. The lowest BCUT2D eigenvalue weighted by atomic mass is 10.1. The highest BCUT2D eigenvalue weighted by atomic mass is 15.2. The van der Waals surface area contributed by atoms with Crippen LogP contribution in [-0.2, 0) is 6.54 Å². The zero-order valence-corrected chi connectivity index (χ0v) is 13.8. The molecule has 20 heavy (non-hydrogen) atoms. The summed E-state index contributed by atoms with van der Waals surface area (Å²) in [6.07, 6.45) is 3.07. The lowest BCUT2D eigenvalue weighted by Crippen LogP contribution is -2.33. The van der Waals surface area contributed by atoms with E-state index < -0.39 is 0 Å². The fourth-order valence-corrected chi connectivity index (χ4v) is 2.38. The van der Waals surface area contributed by atoms with Crippen molar-refractivity contribution in [1.82, 2.24) is 10.3 Å². The molecule has 1 rings (SSSR count). The van der Waals surface area contributed by atoms with Gasteiger partial charge in [-0.05, 0) is 30.9 Å². The van der Waals surface area contributed by atoms with Gasteiger partial charge in [0, 0.05) is 31.4 Å². The van der Waals surface area contributed by atoms with Gasteiger partial charge in [-0.1, -0.05) is 40.7 Å². The minimum absolute atomic E-state index is 0.646. The second-order valence-corrected chi connectivity index (χ2v) is 6.36. The molecule has 0 aliphatic carbocycles. The van der Waals surface area contributed by atoms with E-state index in [9.17, 15) is 0 Å². The van der Waals surface area contributed by atoms with Crippen LogP contribution in [0.15, 0.2) is 18.3 Å². The normalized spacial score (nSPS) is 11.3. The molecule has 0 aliphatic rings. The molecule has 3 nitrogen and oxygen atoms in total. The van der Waals surface area contributed by atoms with E-state index in [2.05, 4.69) is 55.9 Å². The van der Waals surface area contributed by atoms with E-state index >= 15 is 0 Å². The third-order valence-electron chi connectivity index (χ3n) is 3.08. The van der Waals surface area contributed by atoms with Crippen LogP contribution in [0.1, 0.15) is 46.6 Å². The van der Waals surface area contributed by atoms with Crippen molar-refractivity contribution in [2.75, 3.05) is 24.5 Å². The summed E-state index contributed by atoms with van der Waals surface area (Å²) >= 11 is 0. The molecule has 0 amide bonds. The van der Waals surface area contributed by atoms with Crippen LogP contribution in [0.5, 0.6) is 0 Å². The van der Waals surface area contributed by atoms with Crippen LogP contribution in [0, 0.1) is 11.8 Å². The Balaban J connectivity index is 2.87. The summed E-state index contributed by atoms with van der Waals surface area (Å²) in [6.45, 7) is 15.4. The van der Waals surface area contributed by atoms with Gasteiger partial charge in [0.25, 0.3) is 0 Å².